The molecule has 4 heteroatoms. The Bertz CT molecular complexity index is 377. The highest BCUT2D eigenvalue weighted by Crippen LogP contribution is 2.34. The molecular formula is C12H17NO3. The molecule has 0 radical (unpaired) electrons. The Labute approximate surface area is 95.0 Å². The van der Waals surface area contributed by atoms with Crippen molar-refractivity contribution < 1.29 is 14.6 Å². The third kappa shape index (κ3) is 2.13. The van der Waals surface area contributed by atoms with Gasteiger partial charge in [0.05, 0.1) is 0 Å². The zero-order chi connectivity index (χ0) is 11.6. The van der Waals surface area contributed by atoms with E-state index in [0.29, 0.717) is 19.6 Å². The van der Waals surface area contributed by atoms with Gasteiger partial charge in [-0.2, -0.15) is 0 Å². The number of aliphatic hydroxyl groups excluding tert-OH is 1. The molecule has 1 aromatic rings. The van der Waals surface area contributed by atoms with E-state index < -0.39 is 5.54 Å². The van der Waals surface area contributed by atoms with Crippen LogP contribution in [0.3, 0.4) is 0 Å². The highest BCUT2D eigenvalue weighted by Gasteiger charge is 2.23. The minimum Gasteiger partial charge on any atom is -0.486 e. The summed E-state index contributed by atoms with van der Waals surface area (Å²) in [7, 11) is 0. The topological polar surface area (TPSA) is 64.7 Å². The summed E-state index contributed by atoms with van der Waals surface area (Å²) in [6.07, 6.45) is 0.520. The minimum absolute atomic E-state index is 0.0709. The van der Waals surface area contributed by atoms with E-state index in [-0.39, 0.29) is 6.61 Å². The first-order valence-electron chi connectivity index (χ1n) is 5.43. The van der Waals surface area contributed by atoms with Crippen molar-refractivity contribution in [2.75, 3.05) is 19.8 Å². The molecule has 0 fully saturated rings. The lowest BCUT2D eigenvalue weighted by Gasteiger charge is -2.26. The van der Waals surface area contributed by atoms with Crippen LogP contribution in [0.5, 0.6) is 11.5 Å². The molecule has 0 saturated heterocycles. The van der Waals surface area contributed by atoms with E-state index in [2.05, 4.69) is 0 Å². The van der Waals surface area contributed by atoms with Gasteiger partial charge in [0, 0.05) is 12.1 Å². The molecule has 0 saturated carbocycles. The molecule has 0 bridgehead atoms. The average molecular weight is 223 g/mol. The standard InChI is InChI=1S/C12H17NO3/c1-12(13,4-5-14)9-2-3-10-11(8-9)16-7-6-15-10/h2-3,8,14H,4-7,13H2,1H3. The fourth-order valence-corrected chi connectivity index (χ4v) is 1.78. The highest BCUT2D eigenvalue weighted by atomic mass is 16.6. The second-order valence-electron chi connectivity index (χ2n) is 4.25. The van der Waals surface area contributed by atoms with Crippen LogP contribution in [0.4, 0.5) is 0 Å². The van der Waals surface area contributed by atoms with Crippen molar-refractivity contribution in [3.05, 3.63) is 23.8 Å². The third-order valence-electron chi connectivity index (χ3n) is 2.83. The lowest BCUT2D eigenvalue weighted by atomic mass is 9.90. The Hall–Kier alpha value is -1.26. The van der Waals surface area contributed by atoms with Crippen molar-refractivity contribution in [3.8, 4) is 11.5 Å². The Morgan fingerprint density at radius 3 is 2.69 bits per heavy atom. The van der Waals surface area contributed by atoms with Gasteiger partial charge in [-0.1, -0.05) is 6.07 Å². The third-order valence-corrected chi connectivity index (χ3v) is 2.83. The SMILES string of the molecule is CC(N)(CCO)c1ccc2c(c1)OCCO2. The normalized spacial score (nSPS) is 17.9. The van der Waals surface area contributed by atoms with Gasteiger partial charge in [0.25, 0.3) is 0 Å². The number of benzene rings is 1. The summed E-state index contributed by atoms with van der Waals surface area (Å²) in [6.45, 7) is 3.12. The van der Waals surface area contributed by atoms with Crippen LogP contribution in [-0.4, -0.2) is 24.9 Å². The van der Waals surface area contributed by atoms with E-state index in [1.54, 1.807) is 0 Å². The van der Waals surface area contributed by atoms with Crippen LogP contribution in [0.15, 0.2) is 18.2 Å². The van der Waals surface area contributed by atoms with Crippen LogP contribution < -0.4 is 15.2 Å². The average Bonchev–Trinajstić information content (AvgIpc) is 2.28. The Kier molecular flexibility index (Phi) is 3.03. The second-order valence-corrected chi connectivity index (χ2v) is 4.25. The zero-order valence-corrected chi connectivity index (χ0v) is 9.40. The summed E-state index contributed by atoms with van der Waals surface area (Å²) in [5.41, 5.74) is 6.54. The first kappa shape index (κ1) is 11.2. The zero-order valence-electron chi connectivity index (χ0n) is 9.40. The number of rotatable bonds is 3. The van der Waals surface area contributed by atoms with Gasteiger partial charge in [-0.05, 0) is 31.0 Å². The van der Waals surface area contributed by atoms with Crippen LogP contribution in [0.1, 0.15) is 18.9 Å². The Morgan fingerprint density at radius 2 is 2.00 bits per heavy atom. The van der Waals surface area contributed by atoms with Crippen LogP contribution >= 0.6 is 0 Å². The molecule has 1 atom stereocenters. The van der Waals surface area contributed by atoms with Crippen molar-refractivity contribution >= 4 is 0 Å². The van der Waals surface area contributed by atoms with Crippen LogP contribution in [0.2, 0.25) is 0 Å². The van der Waals surface area contributed by atoms with Crippen LogP contribution in [0.25, 0.3) is 0 Å². The van der Waals surface area contributed by atoms with E-state index >= 15 is 0 Å². The predicted molar refractivity (Wildman–Crippen MR) is 60.7 cm³/mol. The summed E-state index contributed by atoms with van der Waals surface area (Å²) in [5, 5.41) is 8.97. The van der Waals surface area contributed by atoms with Crippen molar-refractivity contribution in [1.29, 1.82) is 0 Å². The maximum Gasteiger partial charge on any atom is 0.161 e. The van der Waals surface area contributed by atoms with Gasteiger partial charge in [-0.25, -0.2) is 0 Å². The predicted octanol–water partition coefficient (Wildman–Crippen LogP) is 1.01. The van der Waals surface area contributed by atoms with Crippen molar-refractivity contribution in [2.45, 2.75) is 18.9 Å². The van der Waals surface area contributed by atoms with Crippen molar-refractivity contribution in [3.63, 3.8) is 0 Å². The number of hydrogen-bond donors (Lipinski definition) is 2. The van der Waals surface area contributed by atoms with Gasteiger partial charge in [-0.3, -0.25) is 0 Å². The fourth-order valence-electron chi connectivity index (χ4n) is 1.78. The van der Waals surface area contributed by atoms with Crippen LogP contribution in [0, 0.1) is 0 Å². The summed E-state index contributed by atoms with van der Waals surface area (Å²) < 4.78 is 10.9. The smallest absolute Gasteiger partial charge is 0.161 e. The molecule has 0 spiro atoms. The van der Waals surface area contributed by atoms with Gasteiger partial charge in [0.1, 0.15) is 13.2 Å². The molecule has 4 nitrogen and oxygen atoms in total. The van der Waals surface area contributed by atoms with E-state index in [9.17, 15) is 0 Å². The molecule has 1 aliphatic heterocycles. The summed E-state index contributed by atoms with van der Waals surface area (Å²) in [6, 6.07) is 5.68. The molecular weight excluding hydrogens is 206 g/mol. The van der Waals surface area contributed by atoms with E-state index in [1.807, 2.05) is 25.1 Å². The fraction of sp³-hybridized carbons (Fsp3) is 0.500. The number of ether oxygens (including phenoxy) is 2. The molecule has 1 aliphatic rings. The largest absolute Gasteiger partial charge is 0.486 e. The van der Waals surface area contributed by atoms with Crippen molar-refractivity contribution in [1.82, 2.24) is 0 Å². The lowest BCUT2D eigenvalue weighted by Crippen LogP contribution is -2.34. The summed E-state index contributed by atoms with van der Waals surface area (Å²) in [4.78, 5) is 0. The summed E-state index contributed by atoms with van der Waals surface area (Å²) >= 11 is 0. The quantitative estimate of drug-likeness (QED) is 0.802. The first-order chi connectivity index (χ1) is 7.63. The van der Waals surface area contributed by atoms with Gasteiger partial charge in [0.15, 0.2) is 11.5 Å². The molecule has 1 unspecified atom stereocenters. The number of nitrogens with two attached hydrogens (primary N) is 1. The van der Waals surface area contributed by atoms with Gasteiger partial charge in [-0.15, -0.1) is 0 Å². The monoisotopic (exact) mass is 223 g/mol. The molecule has 3 N–H and O–H groups in total. The molecule has 0 aromatic heterocycles. The maximum atomic E-state index is 8.97. The molecule has 0 amide bonds. The number of hydrogen-bond acceptors (Lipinski definition) is 4. The van der Waals surface area contributed by atoms with Gasteiger partial charge < -0.3 is 20.3 Å². The molecule has 88 valence electrons. The van der Waals surface area contributed by atoms with E-state index in [4.69, 9.17) is 20.3 Å². The minimum atomic E-state index is -0.537. The molecule has 1 aromatic carbocycles. The maximum absolute atomic E-state index is 8.97. The Balaban J connectivity index is 2.29. The van der Waals surface area contributed by atoms with E-state index in [1.165, 1.54) is 0 Å². The highest BCUT2D eigenvalue weighted by molar-refractivity contribution is 5.45. The number of fused-ring (bicyclic) bond motifs is 1. The van der Waals surface area contributed by atoms with Crippen LogP contribution in [-0.2, 0) is 5.54 Å². The molecule has 16 heavy (non-hydrogen) atoms. The van der Waals surface area contributed by atoms with Gasteiger partial charge >= 0.3 is 0 Å². The second kappa shape index (κ2) is 4.31. The van der Waals surface area contributed by atoms with E-state index in [0.717, 1.165) is 17.1 Å². The lowest BCUT2D eigenvalue weighted by molar-refractivity contribution is 0.171. The van der Waals surface area contributed by atoms with Crippen molar-refractivity contribution in [2.24, 2.45) is 5.73 Å². The first-order valence-corrected chi connectivity index (χ1v) is 5.43. The molecule has 2 rings (SSSR count). The number of aliphatic hydroxyl groups is 1. The van der Waals surface area contributed by atoms with Gasteiger partial charge in [0.2, 0.25) is 0 Å². The Morgan fingerprint density at radius 1 is 1.31 bits per heavy atom. The summed E-state index contributed by atoms with van der Waals surface area (Å²) in [5.74, 6) is 1.49. The molecule has 1 heterocycles. The molecule has 0 aliphatic carbocycles.